The highest BCUT2D eigenvalue weighted by Gasteiger charge is 2.28. The first kappa shape index (κ1) is 22.6. The number of fused-ring (bicyclic) bond motifs is 3. The Morgan fingerprint density at radius 1 is 0.939 bits per heavy atom. The molecule has 4 rings (SSSR count). The molecular formula is C28H30N2O3. The first-order valence-corrected chi connectivity index (χ1v) is 11.2. The zero-order valence-electron chi connectivity index (χ0n) is 19.2. The molecule has 170 valence electrons. The lowest BCUT2D eigenvalue weighted by molar-refractivity contribution is 0.144. The largest absolute Gasteiger partial charge is 0.492 e. The lowest BCUT2D eigenvalue weighted by Gasteiger charge is -2.14. The molecule has 1 aliphatic carbocycles. The number of nitrogens with one attached hydrogen (secondary N) is 1. The molecule has 33 heavy (non-hydrogen) atoms. The number of benzene rings is 3. The van der Waals surface area contributed by atoms with Crippen LogP contribution in [0.15, 0.2) is 78.9 Å². The summed E-state index contributed by atoms with van der Waals surface area (Å²) in [5, 5.41) is 2.80. The lowest BCUT2D eigenvalue weighted by Crippen LogP contribution is -2.26. The number of hydrogen-bond acceptors (Lipinski definition) is 4. The summed E-state index contributed by atoms with van der Waals surface area (Å²) in [6.45, 7) is 2.26. The Morgan fingerprint density at radius 2 is 1.58 bits per heavy atom. The average Bonchev–Trinajstić information content (AvgIpc) is 3.15. The van der Waals surface area contributed by atoms with Crippen molar-refractivity contribution in [2.45, 2.75) is 5.92 Å². The number of carbonyl (C=O) groups excluding carboxylic acids is 1. The first-order chi connectivity index (χ1) is 16.1. The van der Waals surface area contributed by atoms with Crippen molar-refractivity contribution >= 4 is 12.2 Å². The normalized spacial score (nSPS) is 12.6. The van der Waals surface area contributed by atoms with Crippen LogP contribution in [0, 0.1) is 0 Å². The van der Waals surface area contributed by atoms with E-state index in [0.717, 1.165) is 17.9 Å². The summed E-state index contributed by atoms with van der Waals surface area (Å²) in [6.07, 6.45) is 3.46. The quantitative estimate of drug-likeness (QED) is 0.496. The van der Waals surface area contributed by atoms with Crippen LogP contribution in [0.4, 0.5) is 4.79 Å². The van der Waals surface area contributed by atoms with E-state index in [4.69, 9.17) is 9.47 Å². The summed E-state index contributed by atoms with van der Waals surface area (Å²) in [6, 6.07) is 24.5. The number of nitrogens with zero attached hydrogens (tertiary/aromatic N) is 1. The molecule has 0 aromatic heterocycles. The number of amides is 1. The molecular weight excluding hydrogens is 412 g/mol. The Morgan fingerprint density at radius 3 is 2.21 bits per heavy atom. The Labute approximate surface area is 195 Å². The smallest absolute Gasteiger partial charge is 0.407 e. The Kier molecular flexibility index (Phi) is 7.43. The van der Waals surface area contributed by atoms with Crippen LogP contribution in [-0.2, 0) is 4.74 Å². The van der Waals surface area contributed by atoms with E-state index in [1.165, 1.54) is 22.3 Å². The van der Waals surface area contributed by atoms with E-state index in [0.29, 0.717) is 19.8 Å². The third-order valence-electron chi connectivity index (χ3n) is 5.71. The second-order valence-electron chi connectivity index (χ2n) is 8.33. The van der Waals surface area contributed by atoms with Crippen molar-refractivity contribution in [2.75, 3.05) is 40.4 Å². The van der Waals surface area contributed by atoms with Gasteiger partial charge in [-0.3, -0.25) is 0 Å². The third-order valence-corrected chi connectivity index (χ3v) is 5.71. The van der Waals surface area contributed by atoms with Crippen LogP contribution in [0.5, 0.6) is 5.75 Å². The molecule has 0 heterocycles. The molecule has 5 nitrogen and oxygen atoms in total. The average molecular weight is 443 g/mol. The minimum atomic E-state index is -0.411. The van der Waals surface area contributed by atoms with Gasteiger partial charge in [0.05, 0.1) is 0 Å². The van der Waals surface area contributed by atoms with Gasteiger partial charge in [0.1, 0.15) is 19.0 Å². The van der Waals surface area contributed by atoms with E-state index < -0.39 is 6.09 Å². The van der Waals surface area contributed by atoms with Crippen molar-refractivity contribution in [3.8, 4) is 16.9 Å². The molecule has 3 aromatic rings. The van der Waals surface area contributed by atoms with Crippen molar-refractivity contribution in [3.63, 3.8) is 0 Å². The molecule has 0 saturated carbocycles. The van der Waals surface area contributed by atoms with Gasteiger partial charge < -0.3 is 19.7 Å². The summed E-state index contributed by atoms with van der Waals surface area (Å²) < 4.78 is 11.3. The Bertz CT molecular complexity index is 1060. The lowest BCUT2D eigenvalue weighted by atomic mass is 9.98. The van der Waals surface area contributed by atoms with Gasteiger partial charge in [-0.15, -0.1) is 0 Å². The van der Waals surface area contributed by atoms with Gasteiger partial charge in [0.15, 0.2) is 0 Å². The van der Waals surface area contributed by atoms with E-state index in [2.05, 4.69) is 34.5 Å². The van der Waals surface area contributed by atoms with E-state index in [-0.39, 0.29) is 5.92 Å². The molecule has 0 radical (unpaired) electrons. The summed E-state index contributed by atoms with van der Waals surface area (Å²) in [7, 11) is 4.04. The van der Waals surface area contributed by atoms with E-state index in [9.17, 15) is 4.79 Å². The van der Waals surface area contributed by atoms with Crippen LogP contribution in [0.1, 0.15) is 22.6 Å². The fraction of sp³-hybridized carbons (Fsp3) is 0.250. The van der Waals surface area contributed by atoms with E-state index in [1.54, 1.807) is 0 Å². The number of likely N-dealkylation sites (N-methyl/N-ethyl adjacent to an activating group) is 1. The van der Waals surface area contributed by atoms with Gasteiger partial charge in [0.2, 0.25) is 0 Å². The predicted molar refractivity (Wildman–Crippen MR) is 133 cm³/mol. The third kappa shape index (κ3) is 5.82. The van der Waals surface area contributed by atoms with Crippen LogP contribution in [0.3, 0.4) is 0 Å². The second kappa shape index (κ2) is 10.8. The highest BCUT2D eigenvalue weighted by atomic mass is 16.5. The SMILES string of the molecule is CN(C)CCOc1ccc(C=CCNC(=O)OCC2c3ccccc3-c3ccccc32)cc1. The molecule has 1 aliphatic rings. The molecule has 0 fully saturated rings. The van der Waals surface area contributed by atoms with Crippen molar-refractivity contribution in [2.24, 2.45) is 0 Å². The fourth-order valence-electron chi connectivity index (χ4n) is 4.01. The maximum atomic E-state index is 12.2. The second-order valence-corrected chi connectivity index (χ2v) is 8.33. The van der Waals surface area contributed by atoms with Crippen LogP contribution in [0.2, 0.25) is 0 Å². The number of hydrogen-bond donors (Lipinski definition) is 1. The molecule has 0 aliphatic heterocycles. The van der Waals surface area contributed by atoms with Crippen LogP contribution in [-0.4, -0.2) is 51.4 Å². The maximum Gasteiger partial charge on any atom is 0.407 e. The molecule has 1 amide bonds. The summed E-state index contributed by atoms with van der Waals surface area (Å²) in [5.41, 5.74) is 5.91. The van der Waals surface area contributed by atoms with Gasteiger partial charge in [-0.1, -0.05) is 72.8 Å². The molecule has 3 aromatic carbocycles. The highest BCUT2D eigenvalue weighted by Crippen LogP contribution is 2.44. The standard InChI is InChI=1S/C28H30N2O3/c1-30(2)18-19-32-22-15-13-21(14-16-22)8-7-17-29-28(31)33-20-27-25-11-5-3-9-23(25)24-10-4-6-12-26(24)27/h3-16,27H,17-20H2,1-2H3,(H,29,31). The molecule has 0 atom stereocenters. The number of ether oxygens (including phenoxy) is 2. The van der Waals surface area contributed by atoms with Crippen molar-refractivity contribution in [3.05, 3.63) is 95.6 Å². The summed E-state index contributed by atoms with van der Waals surface area (Å²) in [4.78, 5) is 14.3. The zero-order chi connectivity index (χ0) is 23.0. The van der Waals surface area contributed by atoms with Crippen LogP contribution < -0.4 is 10.1 Å². The monoisotopic (exact) mass is 442 g/mol. The van der Waals surface area contributed by atoms with Crippen molar-refractivity contribution in [1.29, 1.82) is 0 Å². The van der Waals surface area contributed by atoms with Crippen LogP contribution >= 0.6 is 0 Å². The predicted octanol–water partition coefficient (Wildman–Crippen LogP) is 5.18. The zero-order valence-corrected chi connectivity index (χ0v) is 19.2. The summed E-state index contributed by atoms with van der Waals surface area (Å²) in [5.74, 6) is 0.919. The van der Waals surface area contributed by atoms with Gasteiger partial charge in [-0.05, 0) is 54.0 Å². The molecule has 0 unspecified atom stereocenters. The topological polar surface area (TPSA) is 50.8 Å². The highest BCUT2D eigenvalue weighted by molar-refractivity contribution is 5.79. The minimum Gasteiger partial charge on any atom is -0.492 e. The summed E-state index contributed by atoms with van der Waals surface area (Å²) >= 11 is 0. The van der Waals surface area contributed by atoms with E-state index >= 15 is 0 Å². The van der Waals surface area contributed by atoms with Crippen molar-refractivity contribution in [1.82, 2.24) is 10.2 Å². The van der Waals surface area contributed by atoms with Gasteiger partial charge in [-0.25, -0.2) is 4.79 Å². The molecule has 0 bridgehead atoms. The maximum absolute atomic E-state index is 12.2. The van der Waals surface area contributed by atoms with Crippen LogP contribution in [0.25, 0.3) is 17.2 Å². The van der Waals surface area contributed by atoms with Crippen molar-refractivity contribution < 1.29 is 14.3 Å². The fourth-order valence-corrected chi connectivity index (χ4v) is 4.01. The van der Waals surface area contributed by atoms with Gasteiger partial charge >= 0.3 is 6.09 Å². The molecule has 5 heteroatoms. The Balaban J connectivity index is 1.23. The number of rotatable bonds is 9. The van der Waals surface area contributed by atoms with Gasteiger partial charge in [0, 0.05) is 19.0 Å². The van der Waals surface area contributed by atoms with E-state index in [1.807, 2.05) is 74.8 Å². The Hall–Kier alpha value is -3.57. The first-order valence-electron chi connectivity index (χ1n) is 11.2. The number of carbonyl (C=O) groups is 1. The van der Waals surface area contributed by atoms with Gasteiger partial charge in [-0.2, -0.15) is 0 Å². The molecule has 0 saturated heterocycles. The molecule has 0 spiro atoms. The minimum absolute atomic E-state index is 0.0668. The van der Waals surface area contributed by atoms with Gasteiger partial charge in [0.25, 0.3) is 0 Å². The molecule has 1 N–H and O–H groups in total. The number of alkyl carbamates (subject to hydrolysis) is 1.